The van der Waals surface area contributed by atoms with Gasteiger partial charge in [0.25, 0.3) is 5.91 Å². The molecule has 7 heteroatoms. The van der Waals surface area contributed by atoms with Crippen LogP contribution in [0.15, 0.2) is 48.5 Å². The number of carbonyl (C=O) groups excluding carboxylic acids is 1. The molecule has 0 aromatic heterocycles. The number of nitrogens with zero attached hydrogens (tertiary/aromatic N) is 1. The Bertz CT molecular complexity index is 704. The zero-order chi connectivity index (χ0) is 17.5. The Hall–Kier alpha value is -1.53. The van der Waals surface area contributed by atoms with E-state index in [0.717, 1.165) is 0 Å². The second-order valence-corrected chi connectivity index (χ2v) is 5.60. The number of carboxylic acids is 1. The van der Waals surface area contributed by atoms with Gasteiger partial charge in [-0.15, -0.1) is 0 Å². The topological polar surface area (TPSA) is 66.8 Å². The number of aliphatic carboxylic acids is 1. The molecule has 2 aromatic carbocycles. The van der Waals surface area contributed by atoms with Crippen molar-refractivity contribution in [1.29, 1.82) is 0 Å². The third-order valence-electron chi connectivity index (χ3n) is 3.49. The average Bonchev–Trinajstić information content (AvgIpc) is 2.59. The molecule has 2 aromatic rings. The Kier molecular flexibility index (Phi) is 9.00. The van der Waals surface area contributed by atoms with Crippen LogP contribution in [-0.2, 0) is 4.79 Å². The predicted molar refractivity (Wildman–Crippen MR) is 98.7 cm³/mol. The quantitative estimate of drug-likeness (QED) is 0.758. The molecular formula is C18H18ClNNaO4. The number of amides is 1. The fraction of sp³-hybridized carbons (Fsp3) is 0.222. The Morgan fingerprint density at radius 2 is 1.68 bits per heavy atom. The third kappa shape index (κ3) is 6.36. The van der Waals surface area contributed by atoms with Crippen molar-refractivity contribution in [3.8, 4) is 5.75 Å². The molecule has 0 bridgehead atoms. The van der Waals surface area contributed by atoms with E-state index in [1.54, 1.807) is 60.5 Å². The fourth-order valence-electron chi connectivity index (χ4n) is 2.25. The van der Waals surface area contributed by atoms with E-state index < -0.39 is 5.97 Å². The molecule has 5 nitrogen and oxygen atoms in total. The second-order valence-electron chi connectivity index (χ2n) is 5.16. The van der Waals surface area contributed by atoms with Crippen LogP contribution in [0.2, 0.25) is 5.02 Å². The molecule has 0 saturated heterocycles. The Balaban J connectivity index is 0.00000312. The number of methoxy groups -OCH3 is 1. The van der Waals surface area contributed by atoms with Crippen LogP contribution in [0, 0.1) is 0 Å². The van der Waals surface area contributed by atoms with E-state index in [4.69, 9.17) is 21.4 Å². The molecule has 0 saturated carbocycles. The van der Waals surface area contributed by atoms with Gasteiger partial charge in [-0.3, -0.25) is 9.59 Å². The number of carbonyl (C=O) groups is 2. The SMILES string of the molecule is COc1ccc(N(CCCC(=O)O)C(=O)c2ccc(Cl)cc2)cc1.[Na]. The van der Waals surface area contributed by atoms with Gasteiger partial charge in [0.2, 0.25) is 0 Å². The summed E-state index contributed by atoms with van der Waals surface area (Å²) in [6.07, 6.45) is 0.362. The zero-order valence-electron chi connectivity index (χ0n) is 14.2. The molecule has 0 atom stereocenters. The average molecular weight is 371 g/mol. The molecule has 0 heterocycles. The molecular weight excluding hydrogens is 353 g/mol. The summed E-state index contributed by atoms with van der Waals surface area (Å²) in [7, 11) is 1.57. The molecule has 2 rings (SSSR count). The number of anilines is 1. The van der Waals surface area contributed by atoms with E-state index in [0.29, 0.717) is 35.0 Å². The van der Waals surface area contributed by atoms with Crippen LogP contribution in [0.5, 0.6) is 5.75 Å². The smallest absolute Gasteiger partial charge is 0.303 e. The maximum atomic E-state index is 12.8. The molecule has 127 valence electrons. The van der Waals surface area contributed by atoms with Crippen molar-refractivity contribution in [3.05, 3.63) is 59.1 Å². The number of carboxylic acid groups (broad SMARTS) is 1. The molecule has 0 aliphatic rings. The first-order valence-electron chi connectivity index (χ1n) is 7.44. The van der Waals surface area contributed by atoms with E-state index in [1.165, 1.54) is 0 Å². The van der Waals surface area contributed by atoms with E-state index in [2.05, 4.69) is 0 Å². The summed E-state index contributed by atoms with van der Waals surface area (Å²) in [5.41, 5.74) is 1.17. The van der Waals surface area contributed by atoms with Gasteiger partial charge in [0, 0.05) is 58.8 Å². The van der Waals surface area contributed by atoms with Crippen LogP contribution in [0.3, 0.4) is 0 Å². The predicted octanol–water partition coefficient (Wildman–Crippen LogP) is 3.48. The Morgan fingerprint density at radius 3 is 2.20 bits per heavy atom. The summed E-state index contributed by atoms with van der Waals surface area (Å²) < 4.78 is 5.12. The van der Waals surface area contributed by atoms with Gasteiger partial charge in [0.05, 0.1) is 7.11 Å². The first-order valence-corrected chi connectivity index (χ1v) is 7.82. The molecule has 0 unspecified atom stereocenters. The molecule has 25 heavy (non-hydrogen) atoms. The number of halogens is 1. The van der Waals surface area contributed by atoms with Crippen molar-refractivity contribution in [2.24, 2.45) is 0 Å². The normalized spacial score (nSPS) is 9.84. The van der Waals surface area contributed by atoms with Crippen molar-refractivity contribution >= 4 is 58.7 Å². The number of hydrogen-bond donors (Lipinski definition) is 1. The van der Waals surface area contributed by atoms with Crippen molar-refractivity contribution in [3.63, 3.8) is 0 Å². The summed E-state index contributed by atoms with van der Waals surface area (Å²) in [4.78, 5) is 25.1. The number of benzene rings is 2. The summed E-state index contributed by atoms with van der Waals surface area (Å²) in [5, 5.41) is 9.37. The number of hydrogen-bond acceptors (Lipinski definition) is 3. The van der Waals surface area contributed by atoms with E-state index in [1.807, 2.05) is 0 Å². The van der Waals surface area contributed by atoms with Gasteiger partial charge >= 0.3 is 5.97 Å². The van der Waals surface area contributed by atoms with Crippen molar-refractivity contribution in [2.45, 2.75) is 12.8 Å². The van der Waals surface area contributed by atoms with E-state index in [9.17, 15) is 9.59 Å². The molecule has 1 N–H and O–H groups in total. The summed E-state index contributed by atoms with van der Waals surface area (Å²) in [6.45, 7) is 0.306. The number of rotatable bonds is 7. The molecule has 1 amide bonds. The van der Waals surface area contributed by atoms with Gasteiger partial charge in [-0.25, -0.2) is 0 Å². The maximum absolute atomic E-state index is 12.8. The van der Waals surface area contributed by atoms with Crippen molar-refractivity contribution in [1.82, 2.24) is 0 Å². The second kappa shape index (κ2) is 10.5. The van der Waals surface area contributed by atoms with Gasteiger partial charge in [0.15, 0.2) is 0 Å². The first-order chi connectivity index (χ1) is 11.5. The Labute approximate surface area is 173 Å². The monoisotopic (exact) mass is 370 g/mol. The summed E-state index contributed by atoms with van der Waals surface area (Å²) >= 11 is 5.86. The van der Waals surface area contributed by atoms with Crippen LogP contribution in [0.25, 0.3) is 0 Å². The summed E-state index contributed by atoms with van der Waals surface area (Å²) in [5.74, 6) is -0.408. The fourth-order valence-corrected chi connectivity index (χ4v) is 2.37. The minimum Gasteiger partial charge on any atom is -0.497 e. The largest absolute Gasteiger partial charge is 0.497 e. The maximum Gasteiger partial charge on any atom is 0.303 e. The summed E-state index contributed by atoms with van der Waals surface area (Å²) in [6, 6.07) is 13.7. The molecule has 0 aliphatic carbocycles. The first kappa shape index (κ1) is 21.5. The van der Waals surface area contributed by atoms with Crippen molar-refractivity contribution in [2.75, 3.05) is 18.6 Å². The van der Waals surface area contributed by atoms with Crippen LogP contribution in [-0.4, -0.2) is 60.2 Å². The molecule has 0 aliphatic heterocycles. The van der Waals surface area contributed by atoms with Crippen LogP contribution in [0.1, 0.15) is 23.2 Å². The van der Waals surface area contributed by atoms with E-state index in [-0.39, 0.29) is 41.9 Å². The van der Waals surface area contributed by atoms with Crippen LogP contribution >= 0.6 is 11.6 Å². The standard InChI is InChI=1S/C18H18ClNO4.Na/c1-24-16-10-8-15(9-11-16)20(12-2-3-17(21)22)18(23)13-4-6-14(19)7-5-13;/h4-11H,2-3,12H2,1H3,(H,21,22);. The van der Waals surface area contributed by atoms with Gasteiger partial charge in [-0.2, -0.15) is 0 Å². The minimum atomic E-state index is -0.886. The Morgan fingerprint density at radius 1 is 1.08 bits per heavy atom. The number of ether oxygens (including phenoxy) is 1. The van der Waals surface area contributed by atoms with Crippen LogP contribution < -0.4 is 9.64 Å². The van der Waals surface area contributed by atoms with E-state index >= 15 is 0 Å². The van der Waals surface area contributed by atoms with Gasteiger partial charge < -0.3 is 14.7 Å². The molecule has 0 fully saturated rings. The van der Waals surface area contributed by atoms with Gasteiger partial charge in [-0.05, 0) is 55.0 Å². The van der Waals surface area contributed by atoms with Gasteiger partial charge in [0.1, 0.15) is 5.75 Å². The molecule has 0 spiro atoms. The van der Waals surface area contributed by atoms with Crippen molar-refractivity contribution < 1.29 is 19.4 Å². The van der Waals surface area contributed by atoms with Crippen LogP contribution in [0.4, 0.5) is 5.69 Å². The van der Waals surface area contributed by atoms with Gasteiger partial charge in [-0.1, -0.05) is 11.6 Å². The minimum absolute atomic E-state index is 0. The third-order valence-corrected chi connectivity index (χ3v) is 3.74. The molecule has 1 radical (unpaired) electrons. The zero-order valence-corrected chi connectivity index (χ0v) is 17.0.